The minimum atomic E-state index is -0.745. The minimum absolute atomic E-state index is 0.143. The Morgan fingerprint density at radius 3 is 2.93 bits per heavy atom. The van der Waals surface area contributed by atoms with Gasteiger partial charge in [0, 0.05) is 6.54 Å². The van der Waals surface area contributed by atoms with E-state index < -0.39 is 30.1 Å². The van der Waals surface area contributed by atoms with Gasteiger partial charge in [-0.25, -0.2) is 19.5 Å². The van der Waals surface area contributed by atoms with Crippen molar-refractivity contribution < 1.29 is 19.1 Å². The maximum atomic E-state index is 13.0. The number of anilines is 1. The summed E-state index contributed by atoms with van der Waals surface area (Å²) in [6.45, 7) is 1.85. The fraction of sp³-hybridized carbons (Fsp3) is 0.389. The van der Waals surface area contributed by atoms with Gasteiger partial charge < -0.3 is 14.5 Å². The summed E-state index contributed by atoms with van der Waals surface area (Å²) in [5.74, 6) is 1.82. The normalized spacial score (nSPS) is 25.4. The molecule has 3 saturated heterocycles. The standard InChI is InChI=1S/C18H15N5O4/c1-3-4-27-18(26)21-9-12-6-14(21)15-16(24)23(17(25)22(12)15)11-5-10(2)13(7-19)20-8-11/h1,5,8,12,14-15H,4,6,9H2,2H3/t12?,14?,15-/m0/s1. The number of imide groups is 1. The van der Waals surface area contributed by atoms with Gasteiger partial charge in [0.15, 0.2) is 6.61 Å². The number of hydrogen-bond donors (Lipinski definition) is 0. The van der Waals surface area contributed by atoms with Crippen LogP contribution < -0.4 is 4.90 Å². The molecular weight excluding hydrogens is 350 g/mol. The van der Waals surface area contributed by atoms with Crippen LogP contribution in [0.15, 0.2) is 12.3 Å². The summed E-state index contributed by atoms with van der Waals surface area (Å²) < 4.78 is 4.97. The third kappa shape index (κ3) is 2.32. The van der Waals surface area contributed by atoms with Crippen LogP contribution in [0.1, 0.15) is 17.7 Å². The Morgan fingerprint density at radius 2 is 2.26 bits per heavy atom. The number of carbonyl (C=O) groups is 3. The Kier molecular flexibility index (Phi) is 3.74. The van der Waals surface area contributed by atoms with E-state index in [1.807, 2.05) is 6.07 Å². The molecule has 0 N–H and O–H groups in total. The van der Waals surface area contributed by atoms with Crippen molar-refractivity contribution in [3.05, 3.63) is 23.5 Å². The molecule has 1 aromatic heterocycles. The van der Waals surface area contributed by atoms with E-state index in [4.69, 9.17) is 16.4 Å². The monoisotopic (exact) mass is 365 g/mol. The molecule has 9 nitrogen and oxygen atoms in total. The minimum Gasteiger partial charge on any atom is -0.436 e. The number of amides is 4. The molecule has 2 bridgehead atoms. The van der Waals surface area contributed by atoms with Crippen LogP contribution in [0.5, 0.6) is 0 Å². The van der Waals surface area contributed by atoms with Crippen LogP contribution in [0.2, 0.25) is 0 Å². The summed E-state index contributed by atoms with van der Waals surface area (Å²) in [5.41, 5.74) is 1.13. The van der Waals surface area contributed by atoms with Crippen LogP contribution in [0, 0.1) is 30.6 Å². The number of rotatable bonds is 2. The number of nitrogens with zero attached hydrogens (tertiary/aromatic N) is 5. The number of aryl methyl sites for hydroxylation is 1. The number of terminal acetylenes is 1. The van der Waals surface area contributed by atoms with E-state index >= 15 is 0 Å². The second kappa shape index (κ2) is 5.99. The summed E-state index contributed by atoms with van der Waals surface area (Å²) >= 11 is 0. The Bertz CT molecular complexity index is 946. The molecular formula is C18H15N5O4. The van der Waals surface area contributed by atoms with Crippen LogP contribution in [0.4, 0.5) is 15.3 Å². The molecule has 0 spiro atoms. The van der Waals surface area contributed by atoms with Gasteiger partial charge in [0.2, 0.25) is 0 Å². The first-order valence-electron chi connectivity index (χ1n) is 8.37. The largest absolute Gasteiger partial charge is 0.436 e. The van der Waals surface area contributed by atoms with Crippen molar-refractivity contribution in [2.45, 2.75) is 31.5 Å². The number of urea groups is 1. The van der Waals surface area contributed by atoms with Crippen molar-refractivity contribution in [3.63, 3.8) is 0 Å². The van der Waals surface area contributed by atoms with Gasteiger partial charge in [-0.3, -0.25) is 4.79 Å². The Hall–Kier alpha value is -3.59. The lowest BCUT2D eigenvalue weighted by Crippen LogP contribution is -2.55. The lowest BCUT2D eigenvalue weighted by molar-refractivity contribution is -0.121. The molecule has 4 heterocycles. The molecule has 0 saturated carbocycles. The quantitative estimate of drug-likeness (QED) is 0.562. The van der Waals surface area contributed by atoms with Crippen LogP contribution in [0.25, 0.3) is 0 Å². The van der Waals surface area contributed by atoms with Gasteiger partial charge in [0.05, 0.1) is 24.0 Å². The molecule has 3 aliphatic heterocycles. The molecule has 4 rings (SSSR count). The molecule has 136 valence electrons. The summed E-state index contributed by atoms with van der Waals surface area (Å²) in [6.07, 6.45) is 6.40. The highest BCUT2D eigenvalue weighted by Gasteiger charge is 2.63. The zero-order valence-corrected chi connectivity index (χ0v) is 14.5. The molecule has 0 radical (unpaired) electrons. The van der Waals surface area contributed by atoms with Gasteiger partial charge in [0.25, 0.3) is 5.91 Å². The first kappa shape index (κ1) is 16.9. The fourth-order valence-corrected chi connectivity index (χ4v) is 4.09. The lowest BCUT2D eigenvalue weighted by Gasteiger charge is -2.33. The van der Waals surface area contributed by atoms with Crippen LogP contribution in [-0.4, -0.2) is 64.1 Å². The number of pyridine rings is 1. The van der Waals surface area contributed by atoms with Crippen LogP contribution >= 0.6 is 0 Å². The summed E-state index contributed by atoms with van der Waals surface area (Å²) in [4.78, 5) is 46.1. The first-order valence-corrected chi connectivity index (χ1v) is 8.37. The second-order valence-electron chi connectivity index (χ2n) is 6.65. The summed E-state index contributed by atoms with van der Waals surface area (Å²) in [7, 11) is 0. The van der Waals surface area contributed by atoms with Crippen molar-refractivity contribution in [1.82, 2.24) is 14.8 Å². The number of hydrogen-bond acceptors (Lipinski definition) is 6. The Labute approximate surface area is 155 Å². The van der Waals surface area contributed by atoms with Crippen LogP contribution in [0.3, 0.4) is 0 Å². The molecule has 1 aromatic rings. The molecule has 0 aromatic carbocycles. The van der Waals surface area contributed by atoms with Crippen molar-refractivity contribution in [2.75, 3.05) is 18.1 Å². The number of fused-ring (bicyclic) bond motifs is 5. The molecule has 2 unspecified atom stereocenters. The van der Waals surface area contributed by atoms with E-state index in [1.54, 1.807) is 13.0 Å². The van der Waals surface area contributed by atoms with Crippen molar-refractivity contribution in [1.29, 1.82) is 5.26 Å². The number of carbonyl (C=O) groups excluding carboxylic acids is 3. The van der Waals surface area contributed by atoms with Crippen LogP contribution in [-0.2, 0) is 9.53 Å². The third-order valence-corrected chi connectivity index (χ3v) is 5.21. The summed E-state index contributed by atoms with van der Waals surface area (Å²) in [5, 5.41) is 9.00. The number of aromatic nitrogens is 1. The number of nitriles is 1. The SMILES string of the molecule is C#CCOC(=O)N1CC2CC1[C@H]1C(=O)N(c3cnc(C#N)c(C)c3)C(=O)N21. The predicted octanol–water partition coefficient (Wildman–Crippen LogP) is 0.625. The fourth-order valence-electron chi connectivity index (χ4n) is 4.09. The zero-order chi connectivity index (χ0) is 19.3. The molecule has 0 aliphatic carbocycles. The average Bonchev–Trinajstić information content (AvgIpc) is 3.31. The molecule has 3 aliphatic rings. The van der Waals surface area contributed by atoms with Gasteiger partial charge >= 0.3 is 12.1 Å². The van der Waals surface area contributed by atoms with Gasteiger partial charge in [-0.1, -0.05) is 5.92 Å². The lowest BCUT2D eigenvalue weighted by atomic mass is 10.1. The third-order valence-electron chi connectivity index (χ3n) is 5.21. The molecule has 3 fully saturated rings. The van der Waals surface area contributed by atoms with E-state index in [2.05, 4.69) is 10.9 Å². The van der Waals surface area contributed by atoms with Crippen molar-refractivity contribution in [3.8, 4) is 18.4 Å². The van der Waals surface area contributed by atoms with E-state index in [9.17, 15) is 14.4 Å². The summed E-state index contributed by atoms with van der Waals surface area (Å²) in [6, 6.07) is 1.69. The van der Waals surface area contributed by atoms with E-state index in [1.165, 1.54) is 16.0 Å². The predicted molar refractivity (Wildman–Crippen MR) is 91.3 cm³/mol. The maximum absolute atomic E-state index is 13.0. The number of likely N-dealkylation sites (tertiary alicyclic amines) is 1. The molecule has 27 heavy (non-hydrogen) atoms. The topological polar surface area (TPSA) is 107 Å². The smallest absolute Gasteiger partial charge is 0.411 e. The Balaban J connectivity index is 1.61. The van der Waals surface area contributed by atoms with E-state index in [0.29, 0.717) is 24.2 Å². The highest BCUT2D eigenvalue weighted by atomic mass is 16.6. The second-order valence-corrected chi connectivity index (χ2v) is 6.65. The van der Waals surface area contributed by atoms with E-state index in [0.717, 1.165) is 4.90 Å². The number of ether oxygens (including phenoxy) is 1. The highest BCUT2D eigenvalue weighted by Crippen LogP contribution is 2.42. The molecule has 4 amide bonds. The first-order chi connectivity index (χ1) is 13.0. The van der Waals surface area contributed by atoms with E-state index in [-0.39, 0.29) is 18.3 Å². The highest BCUT2D eigenvalue weighted by molar-refractivity contribution is 6.22. The molecule has 3 atom stereocenters. The van der Waals surface area contributed by atoms with Crippen molar-refractivity contribution in [2.24, 2.45) is 0 Å². The van der Waals surface area contributed by atoms with Gasteiger partial charge in [-0.15, -0.1) is 6.42 Å². The molecule has 9 heteroatoms. The van der Waals surface area contributed by atoms with Gasteiger partial charge in [-0.05, 0) is 25.0 Å². The number of piperazine rings is 1. The van der Waals surface area contributed by atoms with Gasteiger partial charge in [0.1, 0.15) is 17.8 Å². The van der Waals surface area contributed by atoms with Gasteiger partial charge in [-0.2, -0.15) is 5.26 Å². The zero-order valence-electron chi connectivity index (χ0n) is 14.5. The average molecular weight is 365 g/mol. The van der Waals surface area contributed by atoms with Crippen molar-refractivity contribution >= 4 is 23.7 Å². The maximum Gasteiger partial charge on any atom is 0.411 e. The Morgan fingerprint density at radius 1 is 1.48 bits per heavy atom.